The van der Waals surface area contributed by atoms with E-state index in [0.29, 0.717) is 5.13 Å². The lowest BCUT2D eigenvalue weighted by atomic mass is 10.3. The van der Waals surface area contributed by atoms with Crippen molar-refractivity contribution in [2.75, 3.05) is 19.0 Å². The highest BCUT2D eigenvalue weighted by Crippen LogP contribution is 2.09. The van der Waals surface area contributed by atoms with Gasteiger partial charge in [-0.2, -0.15) is 0 Å². The summed E-state index contributed by atoms with van der Waals surface area (Å²) in [5.74, 6) is -0.530. The van der Waals surface area contributed by atoms with Crippen LogP contribution in [-0.2, 0) is 9.53 Å². The van der Waals surface area contributed by atoms with Crippen LogP contribution in [0.3, 0.4) is 0 Å². The van der Waals surface area contributed by atoms with Crippen molar-refractivity contribution in [1.29, 1.82) is 0 Å². The van der Waals surface area contributed by atoms with Crippen LogP contribution in [0.2, 0.25) is 0 Å². The number of esters is 1. The van der Waals surface area contributed by atoms with E-state index in [1.54, 1.807) is 0 Å². The van der Waals surface area contributed by atoms with Gasteiger partial charge in [0, 0.05) is 0 Å². The number of rotatable bonds is 4. The molecule has 1 unspecified atom stereocenters. The van der Waals surface area contributed by atoms with Gasteiger partial charge in [0.15, 0.2) is 0 Å². The number of aromatic nitrogens is 2. The second kappa shape index (κ2) is 4.73. The van der Waals surface area contributed by atoms with E-state index in [2.05, 4.69) is 20.3 Å². The summed E-state index contributed by atoms with van der Waals surface area (Å²) in [6.07, 6.45) is 0. The highest BCUT2D eigenvalue weighted by Gasteiger charge is 2.18. The average Bonchev–Trinajstić information content (AvgIpc) is 2.65. The predicted octanol–water partition coefficient (Wildman–Crippen LogP) is -0.516. The fourth-order valence-corrected chi connectivity index (χ4v) is 1.21. The second-order valence-corrected chi connectivity index (χ2v) is 2.98. The number of aliphatic hydroxyl groups is 1. The number of nitrogens with zero attached hydrogens (tertiary/aromatic N) is 2. The zero-order valence-electron chi connectivity index (χ0n) is 6.93. The number of ether oxygens (including phenoxy) is 1. The molecule has 0 bridgehead atoms. The Morgan fingerprint density at radius 2 is 2.69 bits per heavy atom. The van der Waals surface area contributed by atoms with Gasteiger partial charge < -0.3 is 15.2 Å². The van der Waals surface area contributed by atoms with Gasteiger partial charge in [-0.15, -0.1) is 10.2 Å². The Morgan fingerprint density at radius 1 is 1.92 bits per heavy atom. The van der Waals surface area contributed by atoms with E-state index in [9.17, 15) is 4.79 Å². The van der Waals surface area contributed by atoms with E-state index >= 15 is 0 Å². The van der Waals surface area contributed by atoms with Crippen LogP contribution in [0.25, 0.3) is 0 Å². The molecule has 0 radical (unpaired) electrons. The molecule has 0 fully saturated rings. The number of carbonyl (C=O) groups excluding carboxylic acids is 1. The molecule has 2 N–H and O–H groups in total. The fraction of sp³-hybridized carbons (Fsp3) is 0.500. The monoisotopic (exact) mass is 203 g/mol. The van der Waals surface area contributed by atoms with Gasteiger partial charge >= 0.3 is 5.97 Å². The summed E-state index contributed by atoms with van der Waals surface area (Å²) in [5, 5.41) is 19.2. The van der Waals surface area contributed by atoms with Crippen molar-refractivity contribution in [2.45, 2.75) is 6.04 Å². The van der Waals surface area contributed by atoms with E-state index in [4.69, 9.17) is 5.11 Å². The van der Waals surface area contributed by atoms with Crippen LogP contribution < -0.4 is 5.32 Å². The quantitative estimate of drug-likeness (QED) is 0.641. The molecular formula is C6H9N3O3S. The largest absolute Gasteiger partial charge is 0.467 e. The third kappa shape index (κ3) is 2.63. The predicted molar refractivity (Wildman–Crippen MR) is 46.4 cm³/mol. The lowest BCUT2D eigenvalue weighted by molar-refractivity contribution is -0.142. The molecule has 0 amide bonds. The fourth-order valence-electron chi connectivity index (χ4n) is 0.706. The number of carbonyl (C=O) groups is 1. The van der Waals surface area contributed by atoms with Gasteiger partial charge in [0.25, 0.3) is 0 Å². The molecule has 0 aliphatic heterocycles. The lowest BCUT2D eigenvalue weighted by Gasteiger charge is -2.11. The van der Waals surface area contributed by atoms with Gasteiger partial charge in [-0.05, 0) is 0 Å². The summed E-state index contributed by atoms with van der Waals surface area (Å²) in [5.41, 5.74) is 1.52. The van der Waals surface area contributed by atoms with Gasteiger partial charge in [-0.25, -0.2) is 4.79 Å². The summed E-state index contributed by atoms with van der Waals surface area (Å²) in [6, 6.07) is -0.780. The van der Waals surface area contributed by atoms with E-state index in [1.807, 2.05) is 0 Å². The maximum atomic E-state index is 11.0. The molecule has 13 heavy (non-hydrogen) atoms. The van der Waals surface area contributed by atoms with Gasteiger partial charge in [0.2, 0.25) is 5.13 Å². The number of aliphatic hydroxyl groups excluding tert-OH is 1. The molecule has 1 aromatic heterocycles. The molecule has 7 heteroatoms. The van der Waals surface area contributed by atoms with Crippen LogP contribution in [0.1, 0.15) is 0 Å². The molecular weight excluding hydrogens is 194 g/mol. The average molecular weight is 203 g/mol. The van der Waals surface area contributed by atoms with Crippen LogP contribution >= 0.6 is 11.3 Å². The zero-order chi connectivity index (χ0) is 9.68. The molecule has 1 rings (SSSR count). The van der Waals surface area contributed by atoms with Crippen LogP contribution in [-0.4, -0.2) is 41.0 Å². The zero-order valence-corrected chi connectivity index (χ0v) is 7.74. The third-order valence-electron chi connectivity index (χ3n) is 1.33. The molecule has 0 saturated carbocycles. The third-order valence-corrected chi connectivity index (χ3v) is 1.95. The first-order valence-electron chi connectivity index (χ1n) is 3.49. The van der Waals surface area contributed by atoms with Crippen molar-refractivity contribution in [3.8, 4) is 0 Å². The van der Waals surface area contributed by atoms with Crippen molar-refractivity contribution in [1.82, 2.24) is 10.2 Å². The Morgan fingerprint density at radius 3 is 3.15 bits per heavy atom. The van der Waals surface area contributed by atoms with E-state index in [0.717, 1.165) is 0 Å². The highest BCUT2D eigenvalue weighted by atomic mass is 32.1. The van der Waals surface area contributed by atoms with Crippen LogP contribution in [0, 0.1) is 0 Å². The Balaban J connectivity index is 2.54. The molecule has 1 atom stereocenters. The normalized spacial score (nSPS) is 12.2. The summed E-state index contributed by atoms with van der Waals surface area (Å²) >= 11 is 1.24. The number of hydrogen-bond donors (Lipinski definition) is 2. The summed E-state index contributed by atoms with van der Waals surface area (Å²) in [7, 11) is 1.26. The van der Waals surface area contributed by atoms with Gasteiger partial charge in [-0.3, -0.25) is 0 Å². The Bertz CT molecular complexity index is 264. The summed E-state index contributed by atoms with van der Waals surface area (Å²) < 4.78 is 4.45. The summed E-state index contributed by atoms with van der Waals surface area (Å²) in [4.78, 5) is 11.0. The van der Waals surface area contributed by atoms with Crippen molar-refractivity contribution >= 4 is 22.4 Å². The molecule has 6 nitrogen and oxygen atoms in total. The van der Waals surface area contributed by atoms with Crippen LogP contribution in [0.5, 0.6) is 0 Å². The van der Waals surface area contributed by atoms with Crippen molar-refractivity contribution in [2.24, 2.45) is 0 Å². The van der Waals surface area contributed by atoms with Crippen molar-refractivity contribution < 1.29 is 14.6 Å². The Labute approximate surface area is 78.6 Å². The molecule has 0 aromatic carbocycles. The highest BCUT2D eigenvalue weighted by molar-refractivity contribution is 7.13. The van der Waals surface area contributed by atoms with E-state index in [1.165, 1.54) is 24.0 Å². The van der Waals surface area contributed by atoms with Crippen LogP contribution in [0.4, 0.5) is 5.13 Å². The molecule has 0 saturated heterocycles. The van der Waals surface area contributed by atoms with E-state index in [-0.39, 0.29) is 6.61 Å². The topological polar surface area (TPSA) is 84.3 Å². The lowest BCUT2D eigenvalue weighted by Crippen LogP contribution is -2.33. The van der Waals surface area contributed by atoms with Crippen molar-refractivity contribution in [3.05, 3.63) is 5.51 Å². The number of anilines is 1. The first kappa shape index (κ1) is 9.87. The van der Waals surface area contributed by atoms with Crippen LogP contribution in [0.15, 0.2) is 5.51 Å². The second-order valence-electron chi connectivity index (χ2n) is 2.15. The van der Waals surface area contributed by atoms with Crippen molar-refractivity contribution in [3.63, 3.8) is 0 Å². The maximum Gasteiger partial charge on any atom is 0.330 e. The Hall–Kier alpha value is -1.21. The Kier molecular flexibility index (Phi) is 3.59. The molecule has 1 aromatic rings. The molecule has 0 aliphatic rings. The maximum absolute atomic E-state index is 11.0. The first-order chi connectivity index (χ1) is 6.27. The molecule has 0 aliphatic carbocycles. The molecule has 0 spiro atoms. The minimum absolute atomic E-state index is 0.341. The minimum atomic E-state index is -0.780. The minimum Gasteiger partial charge on any atom is -0.467 e. The number of hydrogen-bond acceptors (Lipinski definition) is 7. The molecule has 1 heterocycles. The smallest absolute Gasteiger partial charge is 0.330 e. The summed E-state index contributed by atoms with van der Waals surface area (Å²) in [6.45, 7) is -0.341. The molecule has 72 valence electrons. The van der Waals surface area contributed by atoms with Gasteiger partial charge in [0.05, 0.1) is 13.7 Å². The van der Waals surface area contributed by atoms with E-state index < -0.39 is 12.0 Å². The number of methoxy groups -OCH3 is 1. The van der Waals surface area contributed by atoms with Gasteiger partial charge in [0.1, 0.15) is 11.6 Å². The number of nitrogens with one attached hydrogen (secondary N) is 1. The first-order valence-corrected chi connectivity index (χ1v) is 4.37. The standard InChI is InChI=1S/C6H9N3O3S/c1-12-5(11)4(2-10)8-6-9-7-3-13-6/h3-4,10H,2H2,1H3,(H,8,9). The van der Waals surface area contributed by atoms with Gasteiger partial charge in [-0.1, -0.05) is 11.3 Å². The SMILES string of the molecule is COC(=O)C(CO)Nc1nncs1.